The van der Waals surface area contributed by atoms with E-state index in [-0.39, 0.29) is 23.0 Å². The summed E-state index contributed by atoms with van der Waals surface area (Å²) in [7, 11) is 0. The zero-order valence-corrected chi connectivity index (χ0v) is 12.6. The van der Waals surface area contributed by atoms with E-state index < -0.39 is 6.04 Å². The number of allylic oxidation sites excluding steroid dienone is 2. The third-order valence-corrected chi connectivity index (χ3v) is 5.31. The van der Waals surface area contributed by atoms with E-state index in [4.69, 9.17) is 9.47 Å². The molecule has 0 N–H and O–H groups in total. The number of ether oxygens (including phenoxy) is 2. The quantitative estimate of drug-likeness (QED) is 0.454. The van der Waals surface area contributed by atoms with Crippen LogP contribution in [0.5, 0.6) is 0 Å². The Kier molecular flexibility index (Phi) is 4.74. The lowest BCUT2D eigenvalue weighted by Crippen LogP contribution is -2.31. The summed E-state index contributed by atoms with van der Waals surface area (Å²) in [5.74, 6) is 0.561. The third-order valence-electron chi connectivity index (χ3n) is 5.31. The molecule has 2 aliphatic carbocycles. The number of nitrogens with zero attached hydrogens (tertiary/aromatic N) is 2. The summed E-state index contributed by atoms with van der Waals surface area (Å²) >= 11 is 0. The van der Waals surface area contributed by atoms with Crippen molar-refractivity contribution < 1.29 is 14.4 Å². The van der Waals surface area contributed by atoms with Gasteiger partial charge in [0.05, 0.1) is 18.3 Å². The monoisotopic (exact) mass is 306 g/mol. The summed E-state index contributed by atoms with van der Waals surface area (Å²) in [4.78, 5) is 10.6. The second kappa shape index (κ2) is 6.76. The van der Waals surface area contributed by atoms with Crippen LogP contribution in [0, 0.1) is 33.3 Å². The van der Waals surface area contributed by atoms with Crippen LogP contribution in [0.1, 0.15) is 44.9 Å². The highest BCUT2D eigenvalue weighted by Gasteiger charge is 2.36. The van der Waals surface area contributed by atoms with Gasteiger partial charge in [-0.3, -0.25) is 10.1 Å². The summed E-state index contributed by atoms with van der Waals surface area (Å²) in [5, 5.41) is 20.3. The van der Waals surface area contributed by atoms with Gasteiger partial charge in [0.2, 0.25) is 6.04 Å². The molecular formula is C16H22N2O4. The lowest BCUT2D eigenvalue weighted by molar-refractivity contribution is -0.526. The van der Waals surface area contributed by atoms with Gasteiger partial charge in [0.25, 0.3) is 0 Å². The molecule has 1 heterocycles. The number of hydrogen-bond donors (Lipinski definition) is 0. The van der Waals surface area contributed by atoms with E-state index in [1.165, 1.54) is 0 Å². The van der Waals surface area contributed by atoms with E-state index in [2.05, 4.69) is 12.1 Å². The van der Waals surface area contributed by atoms with E-state index in [1.54, 1.807) is 0 Å². The van der Waals surface area contributed by atoms with Crippen molar-refractivity contribution in [2.45, 2.75) is 63.2 Å². The topological polar surface area (TPSA) is 85.4 Å². The fraction of sp³-hybridized carbons (Fsp3) is 0.812. The van der Waals surface area contributed by atoms with Crippen molar-refractivity contribution in [3.05, 3.63) is 21.8 Å². The molecule has 0 bridgehead atoms. The predicted molar refractivity (Wildman–Crippen MR) is 78.4 cm³/mol. The third kappa shape index (κ3) is 3.31. The van der Waals surface area contributed by atoms with Gasteiger partial charge in [-0.25, -0.2) is 0 Å². The fourth-order valence-electron chi connectivity index (χ4n) is 3.98. The Balaban J connectivity index is 1.59. The average Bonchev–Trinajstić information content (AvgIpc) is 3.00. The normalized spacial score (nSPS) is 39.0. The van der Waals surface area contributed by atoms with E-state index >= 15 is 0 Å². The van der Waals surface area contributed by atoms with E-state index in [9.17, 15) is 15.4 Å². The lowest BCUT2D eigenvalue weighted by atomic mass is 9.78. The van der Waals surface area contributed by atoms with Crippen LogP contribution >= 0.6 is 0 Å². The van der Waals surface area contributed by atoms with E-state index in [0.717, 1.165) is 37.7 Å². The van der Waals surface area contributed by atoms with Crippen LogP contribution in [0.4, 0.5) is 0 Å². The van der Waals surface area contributed by atoms with Gasteiger partial charge in [-0.15, -0.1) is 0 Å². The molecule has 120 valence electrons. The van der Waals surface area contributed by atoms with Crippen molar-refractivity contribution in [1.29, 1.82) is 5.26 Å². The molecule has 0 amide bonds. The Morgan fingerprint density at radius 1 is 1.14 bits per heavy atom. The summed E-state index contributed by atoms with van der Waals surface area (Å²) in [6, 6.07) is 1.92. The van der Waals surface area contributed by atoms with Crippen molar-refractivity contribution >= 4 is 0 Å². The zero-order valence-electron chi connectivity index (χ0n) is 12.6. The lowest BCUT2D eigenvalue weighted by Gasteiger charge is -2.29. The first kappa shape index (κ1) is 15.4. The summed E-state index contributed by atoms with van der Waals surface area (Å²) < 4.78 is 11.1. The van der Waals surface area contributed by atoms with Crippen LogP contribution in [0.15, 0.2) is 11.6 Å². The summed E-state index contributed by atoms with van der Waals surface area (Å²) in [6.45, 7) is 0.391. The van der Waals surface area contributed by atoms with Crippen LogP contribution in [-0.2, 0) is 9.47 Å². The molecule has 0 spiro atoms. The Morgan fingerprint density at radius 3 is 2.55 bits per heavy atom. The molecule has 3 aliphatic rings. The van der Waals surface area contributed by atoms with Crippen molar-refractivity contribution in [2.24, 2.45) is 11.8 Å². The van der Waals surface area contributed by atoms with Gasteiger partial charge >= 0.3 is 0 Å². The minimum absolute atomic E-state index is 0.167. The number of rotatable bonds is 3. The number of nitriles is 1. The Morgan fingerprint density at radius 2 is 1.86 bits per heavy atom. The van der Waals surface area contributed by atoms with E-state index in [1.807, 2.05) is 0 Å². The van der Waals surface area contributed by atoms with E-state index in [0.29, 0.717) is 25.6 Å². The molecule has 1 aliphatic heterocycles. The molecule has 2 saturated carbocycles. The van der Waals surface area contributed by atoms with Crippen molar-refractivity contribution in [2.75, 3.05) is 6.79 Å². The number of fused-ring (bicyclic) bond motifs is 1. The first-order valence-corrected chi connectivity index (χ1v) is 8.16. The smallest absolute Gasteiger partial charge is 0.213 e. The van der Waals surface area contributed by atoms with Gasteiger partial charge in [0, 0.05) is 23.3 Å². The van der Waals surface area contributed by atoms with Gasteiger partial charge in [-0.2, -0.15) is 5.26 Å². The van der Waals surface area contributed by atoms with Gasteiger partial charge in [0.1, 0.15) is 6.79 Å². The SMILES string of the molecule is N#C/C(=C/[C@@H]1CC[C@H]2OCO[C@@H]2C1)C1CCC([N+](=O)[O-])CC1. The van der Waals surface area contributed by atoms with Crippen LogP contribution in [0.25, 0.3) is 0 Å². The highest BCUT2D eigenvalue weighted by molar-refractivity contribution is 5.25. The van der Waals surface area contributed by atoms with Crippen molar-refractivity contribution in [3.63, 3.8) is 0 Å². The predicted octanol–water partition coefficient (Wildman–Crippen LogP) is 2.81. The fourth-order valence-corrected chi connectivity index (χ4v) is 3.98. The molecule has 22 heavy (non-hydrogen) atoms. The second-order valence-electron chi connectivity index (χ2n) is 6.63. The molecule has 1 saturated heterocycles. The van der Waals surface area contributed by atoms with Crippen molar-refractivity contribution in [3.8, 4) is 6.07 Å². The molecule has 0 aromatic heterocycles. The van der Waals surface area contributed by atoms with Crippen LogP contribution in [0.2, 0.25) is 0 Å². The Labute approximate surface area is 130 Å². The Bertz CT molecular complexity index is 491. The Hall–Kier alpha value is -1.45. The standard InChI is InChI=1S/C16H22N2O4/c17-9-13(12-2-4-14(5-3-12)18(19)20)7-11-1-6-15-16(8-11)22-10-21-15/h7,11-12,14-16H,1-6,8,10H2/b13-7-/t11-,12?,14?,15+,16+/m0/s1. The van der Waals surface area contributed by atoms with Crippen LogP contribution < -0.4 is 0 Å². The number of nitro groups is 1. The highest BCUT2D eigenvalue weighted by atomic mass is 16.7. The molecule has 0 aromatic rings. The second-order valence-corrected chi connectivity index (χ2v) is 6.63. The van der Waals surface area contributed by atoms with Gasteiger partial charge in [-0.05, 0) is 43.9 Å². The van der Waals surface area contributed by atoms with Crippen molar-refractivity contribution in [1.82, 2.24) is 0 Å². The molecule has 0 unspecified atom stereocenters. The molecule has 6 nitrogen and oxygen atoms in total. The maximum absolute atomic E-state index is 10.8. The van der Waals surface area contributed by atoms with Crippen LogP contribution in [0.3, 0.4) is 0 Å². The van der Waals surface area contributed by atoms with Crippen LogP contribution in [-0.4, -0.2) is 30.0 Å². The maximum atomic E-state index is 10.8. The molecule has 0 aromatic carbocycles. The van der Waals surface area contributed by atoms with Gasteiger partial charge in [0.15, 0.2) is 0 Å². The maximum Gasteiger partial charge on any atom is 0.213 e. The first-order valence-electron chi connectivity index (χ1n) is 8.16. The molecule has 0 radical (unpaired) electrons. The first-order chi connectivity index (χ1) is 10.7. The molecule has 3 rings (SSSR count). The van der Waals surface area contributed by atoms with Gasteiger partial charge < -0.3 is 9.47 Å². The highest BCUT2D eigenvalue weighted by Crippen LogP contribution is 2.36. The minimum atomic E-state index is -0.421. The average molecular weight is 306 g/mol. The molecular weight excluding hydrogens is 284 g/mol. The minimum Gasteiger partial charge on any atom is -0.349 e. The summed E-state index contributed by atoms with van der Waals surface area (Å²) in [5.41, 5.74) is 0.823. The molecule has 3 fully saturated rings. The molecule has 3 atom stereocenters. The number of hydrogen-bond acceptors (Lipinski definition) is 5. The zero-order chi connectivity index (χ0) is 15.5. The summed E-state index contributed by atoms with van der Waals surface area (Å²) in [6.07, 6.45) is 8.11. The largest absolute Gasteiger partial charge is 0.349 e. The molecule has 6 heteroatoms. The van der Waals surface area contributed by atoms with Gasteiger partial charge in [-0.1, -0.05) is 6.08 Å².